The zero-order chi connectivity index (χ0) is 21.3. The highest BCUT2D eigenvalue weighted by molar-refractivity contribution is 6.33. The van der Waals surface area contributed by atoms with E-state index >= 15 is 0 Å². The molecule has 4 rings (SSSR count). The molecule has 0 radical (unpaired) electrons. The van der Waals surface area contributed by atoms with Crippen molar-refractivity contribution in [2.75, 3.05) is 12.4 Å². The fourth-order valence-electron chi connectivity index (χ4n) is 2.87. The van der Waals surface area contributed by atoms with Gasteiger partial charge in [0.05, 0.1) is 23.3 Å². The molecular formula is C21H19ClN4O4. The van der Waals surface area contributed by atoms with Gasteiger partial charge in [-0.15, -0.1) is 0 Å². The predicted molar refractivity (Wildman–Crippen MR) is 114 cm³/mol. The smallest absolute Gasteiger partial charge is 0.319 e. The molecule has 2 aromatic carbocycles. The SMILES string of the molecule is COc1cc(Oc2ccc(NC(=O)NC3CC3)c(Cl)c2)c2cc(C(N)=O)ccc2n1. The number of urea groups is 1. The quantitative estimate of drug-likeness (QED) is 0.549. The summed E-state index contributed by atoms with van der Waals surface area (Å²) in [5, 5.41) is 6.47. The fraction of sp³-hybridized carbons (Fsp3) is 0.190. The maximum absolute atomic E-state index is 11.9. The summed E-state index contributed by atoms with van der Waals surface area (Å²) < 4.78 is 11.2. The van der Waals surface area contributed by atoms with Gasteiger partial charge in [-0.3, -0.25) is 4.79 Å². The van der Waals surface area contributed by atoms with Crippen LogP contribution in [0.15, 0.2) is 42.5 Å². The van der Waals surface area contributed by atoms with E-state index < -0.39 is 5.91 Å². The number of nitrogens with one attached hydrogen (secondary N) is 2. The third-order valence-corrected chi connectivity index (χ3v) is 4.88. The van der Waals surface area contributed by atoms with Gasteiger partial charge in [0.15, 0.2) is 0 Å². The number of pyridine rings is 1. The highest BCUT2D eigenvalue weighted by Gasteiger charge is 2.23. The van der Waals surface area contributed by atoms with Gasteiger partial charge in [0.25, 0.3) is 0 Å². The number of nitrogens with two attached hydrogens (primary N) is 1. The molecule has 1 aromatic heterocycles. The van der Waals surface area contributed by atoms with Crippen LogP contribution in [0.5, 0.6) is 17.4 Å². The molecule has 9 heteroatoms. The van der Waals surface area contributed by atoms with E-state index in [1.807, 2.05) is 0 Å². The van der Waals surface area contributed by atoms with Crippen LogP contribution >= 0.6 is 11.6 Å². The van der Waals surface area contributed by atoms with Crippen molar-refractivity contribution >= 4 is 40.1 Å². The van der Waals surface area contributed by atoms with Crippen LogP contribution in [0.3, 0.4) is 0 Å². The van der Waals surface area contributed by atoms with E-state index in [-0.39, 0.29) is 12.1 Å². The molecule has 0 atom stereocenters. The number of primary amides is 1. The van der Waals surface area contributed by atoms with Crippen molar-refractivity contribution in [2.45, 2.75) is 18.9 Å². The molecule has 0 aliphatic heterocycles. The number of aromatic nitrogens is 1. The number of hydrogen-bond acceptors (Lipinski definition) is 5. The Hall–Kier alpha value is -3.52. The van der Waals surface area contributed by atoms with E-state index in [1.54, 1.807) is 42.5 Å². The average Bonchev–Trinajstić information content (AvgIpc) is 3.53. The molecule has 3 aromatic rings. The highest BCUT2D eigenvalue weighted by atomic mass is 35.5. The third-order valence-electron chi connectivity index (χ3n) is 4.57. The Labute approximate surface area is 177 Å². The minimum absolute atomic E-state index is 0.242. The summed E-state index contributed by atoms with van der Waals surface area (Å²) in [6.45, 7) is 0. The van der Waals surface area contributed by atoms with Crippen molar-refractivity contribution in [3.63, 3.8) is 0 Å². The fourth-order valence-corrected chi connectivity index (χ4v) is 3.09. The van der Waals surface area contributed by atoms with E-state index in [2.05, 4.69) is 15.6 Å². The predicted octanol–water partition coefficient (Wildman–Crippen LogP) is 4.07. The van der Waals surface area contributed by atoms with Crippen molar-refractivity contribution in [1.29, 1.82) is 0 Å². The summed E-state index contributed by atoms with van der Waals surface area (Å²) in [6.07, 6.45) is 1.99. The monoisotopic (exact) mass is 426 g/mol. The molecule has 0 spiro atoms. The normalized spacial score (nSPS) is 13.0. The third kappa shape index (κ3) is 4.38. The number of methoxy groups -OCH3 is 1. The minimum atomic E-state index is -0.554. The number of rotatable bonds is 6. The Morgan fingerprint density at radius 1 is 1.17 bits per heavy atom. The van der Waals surface area contributed by atoms with Gasteiger partial charge in [0.2, 0.25) is 11.8 Å². The second kappa shape index (κ2) is 8.08. The first-order chi connectivity index (χ1) is 14.4. The van der Waals surface area contributed by atoms with Crippen molar-refractivity contribution in [3.8, 4) is 17.4 Å². The van der Waals surface area contributed by atoms with Gasteiger partial charge < -0.3 is 25.8 Å². The number of hydrogen-bond donors (Lipinski definition) is 3. The number of anilines is 1. The summed E-state index contributed by atoms with van der Waals surface area (Å²) in [6, 6.07) is 11.3. The van der Waals surface area contributed by atoms with Gasteiger partial charge in [-0.1, -0.05) is 11.6 Å². The van der Waals surface area contributed by atoms with Crippen molar-refractivity contribution < 1.29 is 19.1 Å². The summed E-state index contributed by atoms with van der Waals surface area (Å²) in [5.74, 6) is 0.655. The Balaban J connectivity index is 1.62. The number of amides is 3. The van der Waals surface area contributed by atoms with Crippen LogP contribution in [0.25, 0.3) is 10.9 Å². The van der Waals surface area contributed by atoms with Crippen LogP contribution in [-0.2, 0) is 0 Å². The van der Waals surface area contributed by atoms with E-state index in [0.717, 1.165) is 12.8 Å². The molecule has 154 valence electrons. The molecule has 30 heavy (non-hydrogen) atoms. The molecule has 0 saturated heterocycles. The van der Waals surface area contributed by atoms with Crippen LogP contribution in [-0.4, -0.2) is 30.1 Å². The second-order valence-electron chi connectivity index (χ2n) is 6.88. The van der Waals surface area contributed by atoms with E-state index in [4.69, 9.17) is 26.8 Å². The Kier molecular flexibility index (Phi) is 5.33. The number of nitrogens with zero attached hydrogens (tertiary/aromatic N) is 1. The first-order valence-corrected chi connectivity index (χ1v) is 9.64. The van der Waals surface area contributed by atoms with Crippen LogP contribution in [0.1, 0.15) is 23.2 Å². The van der Waals surface area contributed by atoms with E-state index in [9.17, 15) is 9.59 Å². The number of halogens is 1. The Morgan fingerprint density at radius 2 is 1.97 bits per heavy atom. The van der Waals surface area contributed by atoms with Crippen LogP contribution < -0.4 is 25.8 Å². The van der Waals surface area contributed by atoms with Gasteiger partial charge in [0.1, 0.15) is 11.5 Å². The lowest BCUT2D eigenvalue weighted by molar-refractivity contribution is 0.100. The maximum atomic E-state index is 11.9. The van der Waals surface area contributed by atoms with Crippen molar-refractivity contribution in [3.05, 3.63) is 53.1 Å². The number of carbonyl (C=O) groups is 2. The molecule has 4 N–H and O–H groups in total. The van der Waals surface area contributed by atoms with E-state index in [1.165, 1.54) is 7.11 Å². The molecule has 1 aliphatic rings. The first-order valence-electron chi connectivity index (χ1n) is 9.26. The van der Waals surface area contributed by atoms with Crippen molar-refractivity contribution in [1.82, 2.24) is 10.3 Å². The topological polar surface area (TPSA) is 116 Å². The van der Waals surface area contributed by atoms with Gasteiger partial charge in [-0.2, -0.15) is 0 Å². The first kappa shape index (κ1) is 19.8. The summed E-state index contributed by atoms with van der Waals surface area (Å²) in [4.78, 5) is 27.8. The minimum Gasteiger partial charge on any atom is -0.481 e. The molecule has 1 saturated carbocycles. The number of carbonyl (C=O) groups excluding carboxylic acids is 2. The molecule has 1 aliphatic carbocycles. The Morgan fingerprint density at radius 3 is 2.63 bits per heavy atom. The molecule has 0 unspecified atom stereocenters. The van der Waals surface area contributed by atoms with Crippen LogP contribution in [0.4, 0.5) is 10.5 Å². The summed E-state index contributed by atoms with van der Waals surface area (Å²) in [7, 11) is 1.50. The van der Waals surface area contributed by atoms with Gasteiger partial charge in [-0.25, -0.2) is 9.78 Å². The zero-order valence-electron chi connectivity index (χ0n) is 16.1. The highest BCUT2D eigenvalue weighted by Crippen LogP contribution is 2.35. The molecular weight excluding hydrogens is 408 g/mol. The zero-order valence-corrected chi connectivity index (χ0v) is 16.8. The van der Waals surface area contributed by atoms with Crippen LogP contribution in [0, 0.1) is 0 Å². The molecule has 1 fully saturated rings. The molecule has 1 heterocycles. The summed E-state index contributed by atoms with van der Waals surface area (Å²) in [5.41, 5.74) is 6.77. The molecule has 0 bridgehead atoms. The van der Waals surface area contributed by atoms with Gasteiger partial charge in [-0.05, 0) is 43.2 Å². The van der Waals surface area contributed by atoms with Gasteiger partial charge in [0, 0.05) is 29.1 Å². The molecule has 3 amide bonds. The number of benzene rings is 2. The lowest BCUT2D eigenvalue weighted by Crippen LogP contribution is -2.30. The largest absolute Gasteiger partial charge is 0.481 e. The van der Waals surface area contributed by atoms with Crippen LogP contribution in [0.2, 0.25) is 5.02 Å². The number of fused-ring (bicyclic) bond motifs is 1. The van der Waals surface area contributed by atoms with Crippen molar-refractivity contribution in [2.24, 2.45) is 5.73 Å². The second-order valence-corrected chi connectivity index (χ2v) is 7.28. The Bertz CT molecular complexity index is 1150. The lowest BCUT2D eigenvalue weighted by Gasteiger charge is -2.13. The van der Waals surface area contributed by atoms with Gasteiger partial charge >= 0.3 is 6.03 Å². The summed E-state index contributed by atoms with van der Waals surface area (Å²) >= 11 is 6.31. The maximum Gasteiger partial charge on any atom is 0.319 e. The lowest BCUT2D eigenvalue weighted by atomic mass is 10.1. The number of ether oxygens (including phenoxy) is 2. The van der Waals surface area contributed by atoms with E-state index in [0.29, 0.717) is 44.6 Å². The average molecular weight is 427 g/mol. The molecule has 8 nitrogen and oxygen atoms in total. The standard InChI is InChI=1S/C21H19ClN4O4/c1-29-19-10-18(14-8-11(20(23)27)2-6-16(14)25-19)30-13-5-7-17(15(22)9-13)26-21(28)24-12-3-4-12/h2,5-10,12H,3-4H2,1H3,(H2,23,27)(H2,24,26,28).